The summed E-state index contributed by atoms with van der Waals surface area (Å²) in [6.45, 7) is 3.11. The summed E-state index contributed by atoms with van der Waals surface area (Å²) in [5.41, 5.74) is 2.19. The molecular weight excluding hydrogens is 403 g/mol. The van der Waals surface area contributed by atoms with Crippen LogP contribution in [0.25, 0.3) is 0 Å². The van der Waals surface area contributed by atoms with Crippen LogP contribution in [0, 0.1) is 0 Å². The van der Waals surface area contributed by atoms with Crippen molar-refractivity contribution in [3.05, 3.63) is 114 Å². The molecule has 0 radical (unpaired) electrons. The van der Waals surface area contributed by atoms with Gasteiger partial charge in [-0.15, -0.1) is 0 Å². The minimum Gasteiger partial charge on any atom is -0.497 e. The molecule has 0 amide bonds. The van der Waals surface area contributed by atoms with Crippen LogP contribution < -0.4 is 15.3 Å². The van der Waals surface area contributed by atoms with E-state index in [-0.39, 0.29) is 0 Å². The molecular formula is C27H29O3P. The predicted molar refractivity (Wildman–Crippen MR) is 130 cm³/mol. The van der Waals surface area contributed by atoms with E-state index in [0.29, 0.717) is 19.4 Å². The molecule has 0 aliphatic carbocycles. The van der Waals surface area contributed by atoms with E-state index in [1.807, 2.05) is 110 Å². The Balaban J connectivity index is 1.59. The second kappa shape index (κ2) is 11.5. The van der Waals surface area contributed by atoms with Crippen LogP contribution in [-0.2, 0) is 15.9 Å². The average molecular weight is 433 g/mol. The lowest BCUT2D eigenvalue weighted by Crippen LogP contribution is -2.17. The van der Waals surface area contributed by atoms with Crippen LogP contribution in [-0.4, -0.2) is 19.9 Å². The maximum absolute atomic E-state index is 14.0. The van der Waals surface area contributed by atoms with Gasteiger partial charge in [-0.3, -0.25) is 0 Å². The van der Waals surface area contributed by atoms with E-state index in [2.05, 4.69) is 0 Å². The lowest BCUT2D eigenvalue weighted by atomic mass is 10.2. The van der Waals surface area contributed by atoms with E-state index in [1.165, 1.54) is 0 Å². The van der Waals surface area contributed by atoms with E-state index in [4.69, 9.17) is 9.47 Å². The first kappa shape index (κ1) is 22.8. The molecule has 0 aliphatic rings. The smallest absolute Gasteiger partial charge is 0.146 e. The summed E-state index contributed by atoms with van der Waals surface area (Å²) in [6.07, 6.45) is 6.56. The molecule has 0 atom stereocenters. The van der Waals surface area contributed by atoms with Gasteiger partial charge in [0, 0.05) is 16.8 Å². The van der Waals surface area contributed by atoms with Gasteiger partial charge in [-0.05, 0) is 24.6 Å². The van der Waals surface area contributed by atoms with Crippen molar-refractivity contribution in [2.45, 2.75) is 13.5 Å². The highest BCUT2D eigenvalue weighted by molar-refractivity contribution is 7.78. The van der Waals surface area contributed by atoms with E-state index in [9.17, 15) is 4.57 Å². The lowest BCUT2D eigenvalue weighted by Gasteiger charge is -2.17. The molecule has 0 fully saturated rings. The summed E-state index contributed by atoms with van der Waals surface area (Å²) in [5, 5.41) is 1.77. The zero-order valence-electron chi connectivity index (χ0n) is 18.1. The first-order chi connectivity index (χ1) is 15.1. The highest BCUT2D eigenvalue weighted by Crippen LogP contribution is 2.43. The van der Waals surface area contributed by atoms with Crippen LogP contribution >= 0.6 is 7.14 Å². The first-order valence-corrected chi connectivity index (χ1v) is 12.3. The fraction of sp³-hybridized carbons (Fsp3) is 0.185. The molecule has 0 N–H and O–H groups in total. The number of benzene rings is 3. The Bertz CT molecular complexity index is 995. The van der Waals surface area contributed by atoms with Crippen molar-refractivity contribution in [3.8, 4) is 5.75 Å². The number of ether oxygens (including phenoxy) is 2. The van der Waals surface area contributed by atoms with E-state index >= 15 is 0 Å². The molecule has 0 aromatic heterocycles. The molecule has 0 spiro atoms. The normalized spacial score (nSPS) is 12.3. The van der Waals surface area contributed by atoms with Crippen LogP contribution in [0.15, 0.2) is 109 Å². The Morgan fingerprint density at radius 3 is 2.00 bits per heavy atom. The molecule has 0 heterocycles. The molecule has 3 aromatic rings. The molecule has 0 saturated carbocycles. The predicted octanol–water partition coefficient (Wildman–Crippen LogP) is 5.73. The maximum atomic E-state index is 14.0. The van der Waals surface area contributed by atoms with Crippen molar-refractivity contribution in [1.82, 2.24) is 0 Å². The van der Waals surface area contributed by atoms with Crippen LogP contribution in [0.1, 0.15) is 12.5 Å². The van der Waals surface area contributed by atoms with E-state index < -0.39 is 7.14 Å². The fourth-order valence-corrected chi connectivity index (χ4v) is 5.67. The standard InChI is InChI=1S/C27H29O3P/c1-23(19-20-30-22-24-15-17-25(29-2)18-16-24)10-9-21-31(28,26-11-5-3-6-12-26)27-13-7-4-8-14-27/h3-19H,20-22H2,1-2H3/b10-9+,23-19+. The summed E-state index contributed by atoms with van der Waals surface area (Å²) in [7, 11) is -1.06. The SMILES string of the molecule is COc1ccc(COC/C=C(C)/C=C/CP(=O)(c2ccccc2)c2ccccc2)cc1. The monoisotopic (exact) mass is 432 g/mol. The number of hydrogen-bond donors (Lipinski definition) is 0. The fourth-order valence-electron chi connectivity index (χ4n) is 3.24. The third kappa shape index (κ3) is 6.55. The molecule has 3 nitrogen and oxygen atoms in total. The largest absolute Gasteiger partial charge is 0.497 e. The highest BCUT2D eigenvalue weighted by atomic mass is 31.2. The van der Waals surface area contributed by atoms with Crippen LogP contribution in [0.5, 0.6) is 5.75 Å². The molecule has 31 heavy (non-hydrogen) atoms. The molecule has 160 valence electrons. The van der Waals surface area contributed by atoms with Crippen LogP contribution in [0.4, 0.5) is 0 Å². The lowest BCUT2D eigenvalue weighted by molar-refractivity contribution is 0.148. The van der Waals surface area contributed by atoms with Gasteiger partial charge >= 0.3 is 0 Å². The van der Waals surface area contributed by atoms with Crippen molar-refractivity contribution in [2.24, 2.45) is 0 Å². The highest BCUT2D eigenvalue weighted by Gasteiger charge is 2.25. The summed E-state index contributed by atoms with van der Waals surface area (Å²) < 4.78 is 24.9. The maximum Gasteiger partial charge on any atom is 0.146 e. The van der Waals surface area contributed by atoms with Gasteiger partial charge in [-0.1, -0.05) is 96.6 Å². The van der Waals surface area contributed by atoms with Gasteiger partial charge in [0.2, 0.25) is 0 Å². The molecule has 3 rings (SSSR count). The van der Waals surface area contributed by atoms with Crippen molar-refractivity contribution in [1.29, 1.82) is 0 Å². The van der Waals surface area contributed by atoms with Gasteiger partial charge in [-0.2, -0.15) is 0 Å². The third-order valence-corrected chi connectivity index (χ3v) is 8.03. The van der Waals surface area contributed by atoms with Gasteiger partial charge in [-0.25, -0.2) is 0 Å². The Hall–Kier alpha value is -2.87. The van der Waals surface area contributed by atoms with E-state index in [0.717, 1.165) is 27.5 Å². The Labute approximate surface area is 185 Å². The second-order valence-electron chi connectivity index (χ2n) is 7.31. The number of allylic oxidation sites excluding steroid dienone is 3. The second-order valence-corrected chi connectivity index (χ2v) is 10.2. The number of methoxy groups -OCH3 is 1. The zero-order valence-corrected chi connectivity index (χ0v) is 19.0. The first-order valence-electron chi connectivity index (χ1n) is 10.4. The summed E-state index contributed by atoms with van der Waals surface area (Å²) >= 11 is 0. The minimum absolute atomic E-state index is 0.485. The minimum atomic E-state index is -2.71. The van der Waals surface area contributed by atoms with Gasteiger partial charge in [0.25, 0.3) is 0 Å². The van der Waals surface area contributed by atoms with Crippen molar-refractivity contribution >= 4 is 17.8 Å². The van der Waals surface area contributed by atoms with Crippen LogP contribution in [0.2, 0.25) is 0 Å². The van der Waals surface area contributed by atoms with E-state index in [1.54, 1.807) is 7.11 Å². The number of hydrogen-bond acceptors (Lipinski definition) is 3. The quantitative estimate of drug-likeness (QED) is 0.233. The van der Waals surface area contributed by atoms with Gasteiger partial charge in [0.15, 0.2) is 0 Å². The van der Waals surface area contributed by atoms with Gasteiger partial charge < -0.3 is 14.0 Å². The van der Waals surface area contributed by atoms with Crippen LogP contribution in [0.3, 0.4) is 0 Å². The summed E-state index contributed by atoms with van der Waals surface area (Å²) in [4.78, 5) is 0. The molecule has 0 saturated heterocycles. The molecule has 4 heteroatoms. The zero-order chi connectivity index (χ0) is 21.9. The van der Waals surface area contributed by atoms with Crippen molar-refractivity contribution in [3.63, 3.8) is 0 Å². The average Bonchev–Trinajstić information content (AvgIpc) is 2.83. The molecule has 0 unspecified atom stereocenters. The van der Waals surface area contributed by atoms with Crippen molar-refractivity contribution in [2.75, 3.05) is 19.9 Å². The Morgan fingerprint density at radius 1 is 0.871 bits per heavy atom. The molecule has 0 bridgehead atoms. The Morgan fingerprint density at radius 2 is 1.45 bits per heavy atom. The van der Waals surface area contributed by atoms with Gasteiger partial charge in [0.05, 0.1) is 20.3 Å². The molecule has 3 aromatic carbocycles. The topological polar surface area (TPSA) is 35.5 Å². The van der Waals surface area contributed by atoms with Gasteiger partial charge in [0.1, 0.15) is 12.9 Å². The summed E-state index contributed by atoms with van der Waals surface area (Å²) in [5.74, 6) is 0.841. The third-order valence-electron chi connectivity index (χ3n) is 5.04. The Kier molecular flexibility index (Phi) is 8.46. The molecule has 0 aliphatic heterocycles. The summed E-state index contributed by atoms with van der Waals surface area (Å²) in [6, 6.07) is 27.4. The number of rotatable bonds is 10. The van der Waals surface area contributed by atoms with Crippen molar-refractivity contribution < 1.29 is 14.0 Å².